The van der Waals surface area contributed by atoms with Crippen LogP contribution in [0.15, 0.2) is 18.2 Å². The fraction of sp³-hybridized carbons (Fsp3) is 0.533. The molecule has 0 saturated heterocycles. The van der Waals surface area contributed by atoms with E-state index in [2.05, 4.69) is 5.32 Å². The van der Waals surface area contributed by atoms with Crippen LogP contribution in [-0.4, -0.2) is 18.7 Å². The van der Waals surface area contributed by atoms with E-state index < -0.39 is 0 Å². The van der Waals surface area contributed by atoms with E-state index in [4.69, 9.17) is 15.2 Å². The van der Waals surface area contributed by atoms with Crippen LogP contribution in [0.2, 0.25) is 0 Å². The van der Waals surface area contributed by atoms with Crippen molar-refractivity contribution in [3.63, 3.8) is 0 Å². The summed E-state index contributed by atoms with van der Waals surface area (Å²) in [4.78, 5) is 12.2. The fourth-order valence-corrected chi connectivity index (χ4v) is 2.92. The minimum absolute atomic E-state index is 0.0488. The summed E-state index contributed by atoms with van der Waals surface area (Å²) >= 11 is 0. The number of amides is 1. The summed E-state index contributed by atoms with van der Waals surface area (Å²) in [6, 6.07) is 5.89. The third-order valence-electron chi connectivity index (χ3n) is 4.02. The third kappa shape index (κ3) is 2.72. The molecule has 2 unspecified atom stereocenters. The highest BCUT2D eigenvalue weighted by molar-refractivity contribution is 5.78. The molecule has 1 aromatic rings. The molecule has 20 heavy (non-hydrogen) atoms. The molecular formula is C15H20N2O3. The third-order valence-corrected chi connectivity index (χ3v) is 4.02. The molecule has 2 aliphatic rings. The quantitative estimate of drug-likeness (QED) is 0.878. The summed E-state index contributed by atoms with van der Waals surface area (Å²) in [6.45, 7) is 0.717. The average molecular weight is 276 g/mol. The van der Waals surface area contributed by atoms with Gasteiger partial charge in [-0.3, -0.25) is 4.79 Å². The van der Waals surface area contributed by atoms with Crippen molar-refractivity contribution in [1.82, 2.24) is 5.32 Å². The lowest BCUT2D eigenvalue weighted by Crippen LogP contribution is -2.37. The van der Waals surface area contributed by atoms with Crippen molar-refractivity contribution in [2.75, 3.05) is 6.79 Å². The van der Waals surface area contributed by atoms with Crippen molar-refractivity contribution in [1.29, 1.82) is 0 Å². The molecule has 1 aliphatic heterocycles. The second kappa shape index (κ2) is 5.71. The molecule has 0 spiro atoms. The minimum Gasteiger partial charge on any atom is -0.454 e. The Morgan fingerprint density at radius 3 is 3.10 bits per heavy atom. The largest absolute Gasteiger partial charge is 0.454 e. The van der Waals surface area contributed by atoms with E-state index in [1.807, 2.05) is 18.2 Å². The number of carbonyl (C=O) groups is 1. The monoisotopic (exact) mass is 276 g/mol. The van der Waals surface area contributed by atoms with Crippen molar-refractivity contribution >= 4 is 5.91 Å². The van der Waals surface area contributed by atoms with Crippen molar-refractivity contribution in [3.8, 4) is 11.5 Å². The number of para-hydroxylation sites is 1. The van der Waals surface area contributed by atoms with E-state index in [1.165, 1.54) is 0 Å². The molecule has 3 N–H and O–H groups in total. The van der Waals surface area contributed by atoms with Crippen LogP contribution in [0.5, 0.6) is 11.5 Å². The summed E-state index contributed by atoms with van der Waals surface area (Å²) in [5.41, 5.74) is 6.88. The number of hydrogen-bond donors (Lipinski definition) is 2. The first-order valence-electron chi connectivity index (χ1n) is 7.15. The molecule has 2 atom stereocenters. The van der Waals surface area contributed by atoms with Crippen LogP contribution < -0.4 is 20.5 Å². The summed E-state index contributed by atoms with van der Waals surface area (Å²) in [5.74, 6) is 1.63. The van der Waals surface area contributed by atoms with Crippen molar-refractivity contribution in [3.05, 3.63) is 23.8 Å². The molecule has 0 bridgehead atoms. The molecule has 1 heterocycles. The Bertz CT molecular complexity index is 504. The first-order valence-corrected chi connectivity index (χ1v) is 7.15. The van der Waals surface area contributed by atoms with E-state index in [9.17, 15) is 4.79 Å². The molecule has 5 nitrogen and oxygen atoms in total. The van der Waals surface area contributed by atoms with Crippen LogP contribution in [0.1, 0.15) is 31.2 Å². The Hall–Kier alpha value is -1.75. The summed E-state index contributed by atoms with van der Waals surface area (Å²) in [6.07, 6.45) is 3.79. The minimum atomic E-state index is 0.0488. The van der Waals surface area contributed by atoms with Gasteiger partial charge in [-0.05, 0) is 25.3 Å². The number of carbonyl (C=O) groups excluding carboxylic acids is 1. The van der Waals surface area contributed by atoms with Crippen LogP contribution in [-0.2, 0) is 11.3 Å². The molecule has 1 amide bonds. The van der Waals surface area contributed by atoms with Gasteiger partial charge in [-0.2, -0.15) is 0 Å². The molecule has 1 aromatic carbocycles. The van der Waals surface area contributed by atoms with Crippen molar-refractivity contribution in [2.45, 2.75) is 38.3 Å². The Kier molecular flexibility index (Phi) is 3.78. The molecular weight excluding hydrogens is 256 g/mol. The predicted octanol–water partition coefficient (Wildman–Crippen LogP) is 1.55. The maximum atomic E-state index is 12.2. The number of nitrogens with two attached hydrogens (primary N) is 1. The van der Waals surface area contributed by atoms with Gasteiger partial charge >= 0.3 is 0 Å². The predicted molar refractivity (Wildman–Crippen MR) is 74.3 cm³/mol. The van der Waals surface area contributed by atoms with Gasteiger partial charge in [-0.15, -0.1) is 0 Å². The molecule has 1 fully saturated rings. The number of benzene rings is 1. The maximum Gasteiger partial charge on any atom is 0.231 e. The Labute approximate surface area is 118 Å². The zero-order valence-corrected chi connectivity index (χ0v) is 11.4. The lowest BCUT2D eigenvalue weighted by molar-refractivity contribution is -0.126. The zero-order valence-electron chi connectivity index (χ0n) is 11.4. The van der Waals surface area contributed by atoms with Crippen LogP contribution in [0, 0.1) is 5.92 Å². The topological polar surface area (TPSA) is 73.6 Å². The number of fused-ring (bicyclic) bond motifs is 1. The fourth-order valence-electron chi connectivity index (χ4n) is 2.92. The SMILES string of the molecule is NC1CCCC(C(=O)NCc2cccc3c2OCO3)C1. The normalized spacial score (nSPS) is 24.4. The van der Waals surface area contributed by atoms with Gasteiger partial charge in [-0.25, -0.2) is 0 Å². The van der Waals surface area contributed by atoms with Crippen molar-refractivity contribution < 1.29 is 14.3 Å². The standard InChI is InChI=1S/C15H20N2O3/c16-12-5-1-3-10(7-12)15(18)17-8-11-4-2-6-13-14(11)20-9-19-13/h2,4,6,10,12H,1,3,5,7-9,16H2,(H,17,18). The lowest BCUT2D eigenvalue weighted by atomic mass is 9.85. The van der Waals surface area contributed by atoms with Crippen LogP contribution in [0.3, 0.4) is 0 Å². The molecule has 0 aromatic heterocycles. The van der Waals surface area contributed by atoms with E-state index in [0.29, 0.717) is 6.54 Å². The Morgan fingerprint density at radius 1 is 1.35 bits per heavy atom. The van der Waals surface area contributed by atoms with Crippen LogP contribution >= 0.6 is 0 Å². The van der Waals surface area contributed by atoms with Crippen molar-refractivity contribution in [2.24, 2.45) is 11.7 Å². The molecule has 1 aliphatic carbocycles. The molecule has 5 heteroatoms. The number of ether oxygens (including phenoxy) is 2. The summed E-state index contributed by atoms with van der Waals surface area (Å²) in [7, 11) is 0. The second-order valence-electron chi connectivity index (χ2n) is 5.49. The van der Waals surface area contributed by atoms with E-state index in [-0.39, 0.29) is 24.7 Å². The van der Waals surface area contributed by atoms with Gasteiger partial charge in [0.25, 0.3) is 0 Å². The summed E-state index contributed by atoms with van der Waals surface area (Å²) in [5, 5.41) is 2.99. The maximum absolute atomic E-state index is 12.2. The van der Waals surface area contributed by atoms with Gasteiger partial charge < -0.3 is 20.5 Å². The van der Waals surface area contributed by atoms with Gasteiger partial charge in [0.15, 0.2) is 11.5 Å². The van der Waals surface area contributed by atoms with E-state index >= 15 is 0 Å². The Balaban J connectivity index is 1.59. The Morgan fingerprint density at radius 2 is 2.25 bits per heavy atom. The zero-order chi connectivity index (χ0) is 13.9. The van der Waals surface area contributed by atoms with Gasteiger partial charge in [0.1, 0.15) is 0 Å². The lowest BCUT2D eigenvalue weighted by Gasteiger charge is -2.25. The highest BCUT2D eigenvalue weighted by atomic mass is 16.7. The average Bonchev–Trinajstić information content (AvgIpc) is 2.93. The highest BCUT2D eigenvalue weighted by Crippen LogP contribution is 2.35. The smallest absolute Gasteiger partial charge is 0.231 e. The molecule has 0 radical (unpaired) electrons. The number of hydrogen-bond acceptors (Lipinski definition) is 4. The van der Waals surface area contributed by atoms with Crippen LogP contribution in [0.25, 0.3) is 0 Å². The van der Waals surface area contributed by atoms with Gasteiger partial charge in [0, 0.05) is 24.1 Å². The molecule has 3 rings (SSSR count). The van der Waals surface area contributed by atoms with E-state index in [1.54, 1.807) is 0 Å². The summed E-state index contributed by atoms with van der Waals surface area (Å²) < 4.78 is 10.8. The first kappa shape index (κ1) is 13.2. The van der Waals surface area contributed by atoms with Crippen LogP contribution in [0.4, 0.5) is 0 Å². The van der Waals surface area contributed by atoms with Gasteiger partial charge in [0.05, 0.1) is 0 Å². The molecule has 1 saturated carbocycles. The van der Waals surface area contributed by atoms with E-state index in [0.717, 1.165) is 42.7 Å². The number of nitrogens with one attached hydrogen (secondary N) is 1. The first-order chi connectivity index (χ1) is 9.74. The molecule has 108 valence electrons. The highest BCUT2D eigenvalue weighted by Gasteiger charge is 2.25. The van der Waals surface area contributed by atoms with Gasteiger partial charge in [-0.1, -0.05) is 18.6 Å². The van der Waals surface area contributed by atoms with Gasteiger partial charge in [0.2, 0.25) is 12.7 Å². The second-order valence-corrected chi connectivity index (χ2v) is 5.49. The number of rotatable bonds is 3.